The Morgan fingerprint density at radius 2 is 2.10 bits per heavy atom. The van der Waals surface area contributed by atoms with E-state index in [0.717, 1.165) is 13.1 Å². The van der Waals surface area contributed by atoms with Gasteiger partial charge in [0.25, 0.3) is 0 Å². The molecule has 0 saturated carbocycles. The smallest absolute Gasteiger partial charge is 0.00111 e. The summed E-state index contributed by atoms with van der Waals surface area (Å²) in [7, 11) is 0. The van der Waals surface area contributed by atoms with Crippen molar-refractivity contribution in [2.75, 3.05) is 13.1 Å². The fourth-order valence-electron chi connectivity index (χ4n) is 0.824. The fourth-order valence-corrected chi connectivity index (χ4v) is 1.01. The average Bonchev–Trinajstić information content (AvgIpc) is 1.87. The van der Waals surface area contributed by atoms with E-state index in [2.05, 4.69) is 31.8 Å². The predicted molar refractivity (Wildman–Crippen MR) is 50.8 cm³/mol. The van der Waals surface area contributed by atoms with Crippen molar-refractivity contribution in [2.45, 2.75) is 38.4 Å². The molecule has 1 unspecified atom stereocenters. The number of hydrogen-bond donors (Lipinski definition) is 2. The van der Waals surface area contributed by atoms with E-state index in [4.69, 9.17) is 0 Å². The quantitative estimate of drug-likeness (QED) is 0.449. The molecule has 0 saturated heterocycles. The van der Waals surface area contributed by atoms with E-state index in [1.807, 2.05) is 0 Å². The van der Waals surface area contributed by atoms with Gasteiger partial charge in [-0.1, -0.05) is 13.8 Å². The van der Waals surface area contributed by atoms with Gasteiger partial charge in [-0.25, -0.2) is 0 Å². The minimum Gasteiger partial charge on any atom is -0.317 e. The summed E-state index contributed by atoms with van der Waals surface area (Å²) in [6, 6.07) is 0. The second kappa shape index (κ2) is 7.42. The van der Waals surface area contributed by atoms with Crippen molar-refractivity contribution >= 4 is 12.6 Å². The zero-order valence-corrected chi connectivity index (χ0v) is 7.95. The molecule has 0 aromatic rings. The van der Waals surface area contributed by atoms with Gasteiger partial charge in [-0.05, 0) is 37.6 Å². The van der Waals surface area contributed by atoms with Crippen molar-refractivity contribution < 1.29 is 0 Å². The molecule has 1 nitrogen and oxygen atoms in total. The van der Waals surface area contributed by atoms with Gasteiger partial charge in [-0.2, -0.15) is 12.6 Å². The summed E-state index contributed by atoms with van der Waals surface area (Å²) in [4.78, 5) is 0. The SMILES string of the molecule is CCCNCCCC(C)S. The summed E-state index contributed by atoms with van der Waals surface area (Å²) >= 11 is 4.30. The first-order valence-corrected chi connectivity index (χ1v) is 4.67. The van der Waals surface area contributed by atoms with Gasteiger partial charge in [-0.15, -0.1) is 0 Å². The van der Waals surface area contributed by atoms with Crippen LogP contribution in [0, 0.1) is 0 Å². The number of nitrogens with one attached hydrogen (secondary N) is 1. The van der Waals surface area contributed by atoms with Crippen LogP contribution in [0.1, 0.15) is 33.1 Å². The highest BCUT2D eigenvalue weighted by Gasteiger charge is 1.92. The van der Waals surface area contributed by atoms with Gasteiger partial charge in [0.2, 0.25) is 0 Å². The lowest BCUT2D eigenvalue weighted by Crippen LogP contribution is -2.16. The van der Waals surface area contributed by atoms with Crippen molar-refractivity contribution in [3.8, 4) is 0 Å². The van der Waals surface area contributed by atoms with E-state index in [-0.39, 0.29) is 0 Å². The third kappa shape index (κ3) is 8.31. The van der Waals surface area contributed by atoms with Gasteiger partial charge in [0.15, 0.2) is 0 Å². The van der Waals surface area contributed by atoms with Crippen LogP contribution in [0.25, 0.3) is 0 Å². The highest BCUT2D eigenvalue weighted by molar-refractivity contribution is 7.80. The second-order valence-electron chi connectivity index (χ2n) is 2.74. The van der Waals surface area contributed by atoms with Crippen molar-refractivity contribution in [1.29, 1.82) is 0 Å². The third-order valence-corrected chi connectivity index (χ3v) is 1.66. The van der Waals surface area contributed by atoms with Gasteiger partial charge in [-0.3, -0.25) is 0 Å². The Morgan fingerprint density at radius 1 is 1.40 bits per heavy atom. The molecule has 0 fully saturated rings. The van der Waals surface area contributed by atoms with Crippen LogP contribution in [0.3, 0.4) is 0 Å². The lowest BCUT2D eigenvalue weighted by molar-refractivity contribution is 0.616. The molecule has 0 aliphatic carbocycles. The van der Waals surface area contributed by atoms with Crippen LogP contribution in [0.5, 0.6) is 0 Å². The molecular weight excluding hydrogens is 142 g/mol. The first-order chi connectivity index (χ1) is 4.77. The van der Waals surface area contributed by atoms with Crippen LogP contribution in [0.4, 0.5) is 0 Å². The summed E-state index contributed by atoms with van der Waals surface area (Å²) in [5, 5.41) is 3.92. The van der Waals surface area contributed by atoms with E-state index in [1.54, 1.807) is 0 Å². The predicted octanol–water partition coefficient (Wildman–Crippen LogP) is 2.08. The molecular formula is C8H19NS. The Kier molecular flexibility index (Phi) is 7.65. The summed E-state index contributed by atoms with van der Waals surface area (Å²) in [6.45, 7) is 6.64. The molecule has 0 aromatic carbocycles. The molecule has 0 bridgehead atoms. The molecule has 62 valence electrons. The van der Waals surface area contributed by atoms with Gasteiger partial charge >= 0.3 is 0 Å². The van der Waals surface area contributed by atoms with Crippen molar-refractivity contribution in [3.63, 3.8) is 0 Å². The molecule has 10 heavy (non-hydrogen) atoms. The lowest BCUT2D eigenvalue weighted by atomic mass is 10.2. The summed E-state index contributed by atoms with van der Waals surface area (Å²) < 4.78 is 0. The van der Waals surface area contributed by atoms with E-state index in [9.17, 15) is 0 Å². The molecule has 0 heterocycles. The molecule has 1 N–H and O–H groups in total. The maximum Gasteiger partial charge on any atom is -0.00111 e. The molecule has 1 atom stereocenters. The second-order valence-corrected chi connectivity index (χ2v) is 3.62. The maximum atomic E-state index is 4.30. The van der Waals surface area contributed by atoms with Crippen molar-refractivity contribution in [1.82, 2.24) is 5.32 Å². The standard InChI is InChI=1S/C8H19NS/c1-3-6-9-7-4-5-8(2)10/h8-10H,3-7H2,1-2H3. The Hall–Kier alpha value is 0.310. The van der Waals surface area contributed by atoms with Crippen LogP contribution in [0.2, 0.25) is 0 Å². The Balaban J connectivity index is 2.77. The van der Waals surface area contributed by atoms with Crippen molar-refractivity contribution in [3.05, 3.63) is 0 Å². The highest BCUT2D eigenvalue weighted by Crippen LogP contribution is 2.01. The van der Waals surface area contributed by atoms with Crippen LogP contribution < -0.4 is 5.32 Å². The van der Waals surface area contributed by atoms with E-state index >= 15 is 0 Å². The van der Waals surface area contributed by atoms with Gasteiger partial charge in [0, 0.05) is 0 Å². The van der Waals surface area contributed by atoms with Crippen LogP contribution in [0.15, 0.2) is 0 Å². The van der Waals surface area contributed by atoms with E-state index in [0.29, 0.717) is 5.25 Å². The Bertz CT molecular complexity index is 64.3. The third-order valence-electron chi connectivity index (χ3n) is 1.40. The van der Waals surface area contributed by atoms with Crippen molar-refractivity contribution in [2.24, 2.45) is 0 Å². The molecule has 0 aliphatic rings. The zero-order chi connectivity index (χ0) is 7.82. The summed E-state index contributed by atoms with van der Waals surface area (Å²) in [5.74, 6) is 0. The minimum absolute atomic E-state index is 0.559. The van der Waals surface area contributed by atoms with E-state index < -0.39 is 0 Å². The van der Waals surface area contributed by atoms with Gasteiger partial charge < -0.3 is 5.32 Å². The number of thiol groups is 1. The zero-order valence-electron chi connectivity index (χ0n) is 7.06. The topological polar surface area (TPSA) is 12.0 Å². The lowest BCUT2D eigenvalue weighted by Gasteiger charge is -2.04. The monoisotopic (exact) mass is 161 g/mol. The molecule has 0 spiro atoms. The summed E-state index contributed by atoms with van der Waals surface area (Å²) in [5.41, 5.74) is 0. The molecule has 0 aliphatic heterocycles. The molecule has 0 amide bonds. The highest BCUT2D eigenvalue weighted by atomic mass is 32.1. The molecule has 0 rings (SSSR count). The maximum absolute atomic E-state index is 4.30. The Morgan fingerprint density at radius 3 is 2.60 bits per heavy atom. The van der Waals surface area contributed by atoms with Gasteiger partial charge in [0.1, 0.15) is 0 Å². The first kappa shape index (κ1) is 10.3. The van der Waals surface area contributed by atoms with E-state index in [1.165, 1.54) is 19.3 Å². The minimum atomic E-state index is 0.559. The van der Waals surface area contributed by atoms with Crippen LogP contribution in [-0.4, -0.2) is 18.3 Å². The summed E-state index contributed by atoms with van der Waals surface area (Å²) in [6.07, 6.45) is 3.71. The first-order valence-electron chi connectivity index (χ1n) is 4.16. The average molecular weight is 161 g/mol. The molecule has 0 radical (unpaired) electrons. The normalized spacial score (nSPS) is 13.5. The van der Waals surface area contributed by atoms with Gasteiger partial charge in [0.05, 0.1) is 0 Å². The largest absolute Gasteiger partial charge is 0.317 e. The fraction of sp³-hybridized carbons (Fsp3) is 1.00. The van der Waals surface area contributed by atoms with Crippen LogP contribution >= 0.6 is 12.6 Å². The van der Waals surface area contributed by atoms with Crippen LogP contribution in [-0.2, 0) is 0 Å². The number of rotatable bonds is 6. The molecule has 2 heteroatoms. The number of hydrogen-bond acceptors (Lipinski definition) is 2. The molecule has 0 aromatic heterocycles. The Labute approximate surface area is 70.0 Å².